The topological polar surface area (TPSA) is 27.1 Å². The molecule has 0 fully saturated rings. The third-order valence-electron chi connectivity index (χ3n) is 2.90. The lowest BCUT2D eigenvalue weighted by atomic mass is 10.2. The molecule has 0 saturated heterocycles. The van der Waals surface area contributed by atoms with Crippen LogP contribution in [-0.4, -0.2) is 24.5 Å². The number of rotatable bonds is 5. The van der Waals surface area contributed by atoms with E-state index in [1.54, 1.807) is 16.9 Å². The molecular weight excluding hydrogens is 327 g/mol. The van der Waals surface area contributed by atoms with Crippen molar-refractivity contribution in [3.05, 3.63) is 28.6 Å². The standard InChI is InChI=1S/C13H18BrFN2OSi/c1-19(2,3)7-6-18-9-17-13-10(8-16-17)4-5-11(15)12(13)14/h4-5,8H,6-7,9H2,1-3H3. The van der Waals surface area contributed by atoms with E-state index >= 15 is 0 Å². The quantitative estimate of drug-likeness (QED) is 0.598. The summed E-state index contributed by atoms with van der Waals surface area (Å²) in [7, 11) is -1.08. The van der Waals surface area contributed by atoms with Crippen molar-refractivity contribution in [1.82, 2.24) is 9.78 Å². The van der Waals surface area contributed by atoms with Gasteiger partial charge in [-0.3, -0.25) is 0 Å². The van der Waals surface area contributed by atoms with Crippen molar-refractivity contribution < 1.29 is 9.13 Å². The number of ether oxygens (including phenoxy) is 1. The molecule has 19 heavy (non-hydrogen) atoms. The molecule has 0 spiro atoms. The Morgan fingerprint density at radius 1 is 1.37 bits per heavy atom. The summed E-state index contributed by atoms with van der Waals surface area (Å²) in [5.74, 6) is -0.281. The van der Waals surface area contributed by atoms with Gasteiger partial charge >= 0.3 is 0 Å². The number of fused-ring (bicyclic) bond motifs is 1. The molecule has 3 nitrogen and oxygen atoms in total. The normalized spacial score (nSPS) is 12.3. The van der Waals surface area contributed by atoms with Gasteiger partial charge in [-0.2, -0.15) is 5.10 Å². The number of benzene rings is 1. The molecular formula is C13H18BrFN2OSi. The van der Waals surface area contributed by atoms with E-state index in [2.05, 4.69) is 40.7 Å². The zero-order chi connectivity index (χ0) is 14.0. The zero-order valence-electron chi connectivity index (χ0n) is 11.4. The van der Waals surface area contributed by atoms with E-state index in [0.29, 0.717) is 11.2 Å². The van der Waals surface area contributed by atoms with Crippen molar-refractivity contribution in [3.63, 3.8) is 0 Å². The molecule has 0 bridgehead atoms. The van der Waals surface area contributed by atoms with Crippen LogP contribution in [-0.2, 0) is 11.5 Å². The Morgan fingerprint density at radius 3 is 2.79 bits per heavy atom. The summed E-state index contributed by atoms with van der Waals surface area (Å²) in [5.41, 5.74) is 0.744. The van der Waals surface area contributed by atoms with E-state index in [4.69, 9.17) is 4.74 Å². The Morgan fingerprint density at radius 2 is 2.11 bits per heavy atom. The van der Waals surface area contributed by atoms with E-state index in [0.717, 1.165) is 23.6 Å². The minimum absolute atomic E-state index is 0.281. The number of nitrogens with zero attached hydrogens (tertiary/aromatic N) is 2. The molecule has 0 radical (unpaired) electrons. The minimum atomic E-state index is -1.08. The van der Waals surface area contributed by atoms with E-state index in [1.165, 1.54) is 6.07 Å². The Labute approximate surface area is 121 Å². The maximum Gasteiger partial charge on any atom is 0.140 e. The van der Waals surface area contributed by atoms with Crippen molar-refractivity contribution in [2.45, 2.75) is 32.4 Å². The summed E-state index contributed by atoms with van der Waals surface area (Å²) in [5, 5.41) is 5.14. The minimum Gasteiger partial charge on any atom is -0.360 e. The number of aromatic nitrogens is 2. The second kappa shape index (κ2) is 5.72. The van der Waals surface area contributed by atoms with Gasteiger partial charge in [0.05, 0.1) is 16.2 Å². The van der Waals surface area contributed by atoms with E-state index in [-0.39, 0.29) is 5.82 Å². The molecule has 104 valence electrons. The predicted molar refractivity (Wildman–Crippen MR) is 81.5 cm³/mol. The van der Waals surface area contributed by atoms with Crippen LogP contribution in [0.1, 0.15) is 0 Å². The molecule has 0 aliphatic heterocycles. The van der Waals surface area contributed by atoms with Gasteiger partial charge in [-0.25, -0.2) is 9.07 Å². The highest BCUT2D eigenvalue weighted by atomic mass is 79.9. The molecule has 0 amide bonds. The summed E-state index contributed by atoms with van der Waals surface area (Å²) in [6.45, 7) is 8.02. The van der Waals surface area contributed by atoms with Crippen LogP contribution < -0.4 is 0 Å². The largest absolute Gasteiger partial charge is 0.360 e. The average molecular weight is 345 g/mol. The predicted octanol–water partition coefficient (Wildman–Crippen LogP) is 4.25. The molecule has 0 N–H and O–H groups in total. The second-order valence-electron chi connectivity index (χ2n) is 5.79. The molecule has 2 aromatic rings. The first kappa shape index (κ1) is 14.7. The van der Waals surface area contributed by atoms with Gasteiger partial charge < -0.3 is 4.74 Å². The van der Waals surface area contributed by atoms with Gasteiger partial charge in [0.2, 0.25) is 0 Å². The SMILES string of the molecule is C[Si](C)(C)CCOCn1ncc2ccc(F)c(Br)c21. The van der Waals surface area contributed by atoms with E-state index in [1.807, 2.05) is 0 Å². The van der Waals surface area contributed by atoms with Crippen LogP contribution in [0.3, 0.4) is 0 Å². The number of halogens is 2. The fourth-order valence-electron chi connectivity index (χ4n) is 1.74. The monoisotopic (exact) mass is 344 g/mol. The Balaban J connectivity index is 2.07. The molecule has 2 rings (SSSR count). The van der Waals surface area contributed by atoms with Gasteiger partial charge in [0.1, 0.15) is 12.5 Å². The fourth-order valence-corrected chi connectivity index (χ4v) is 3.06. The van der Waals surface area contributed by atoms with Gasteiger partial charge in [-0.05, 0) is 34.1 Å². The fraction of sp³-hybridized carbons (Fsp3) is 0.462. The van der Waals surface area contributed by atoms with Crippen LogP contribution in [0.15, 0.2) is 22.8 Å². The van der Waals surface area contributed by atoms with Crippen molar-refractivity contribution in [3.8, 4) is 0 Å². The Kier molecular flexibility index (Phi) is 4.42. The van der Waals surface area contributed by atoms with E-state index in [9.17, 15) is 4.39 Å². The first-order valence-corrected chi connectivity index (χ1v) is 10.8. The van der Waals surface area contributed by atoms with Gasteiger partial charge in [0.25, 0.3) is 0 Å². The van der Waals surface area contributed by atoms with E-state index < -0.39 is 8.07 Å². The number of hydrogen-bond acceptors (Lipinski definition) is 2. The second-order valence-corrected chi connectivity index (χ2v) is 12.2. The highest BCUT2D eigenvalue weighted by Gasteiger charge is 2.13. The van der Waals surface area contributed by atoms with Crippen molar-refractivity contribution in [2.24, 2.45) is 0 Å². The first-order chi connectivity index (χ1) is 8.88. The van der Waals surface area contributed by atoms with Crippen LogP contribution in [0.2, 0.25) is 25.7 Å². The molecule has 0 atom stereocenters. The third-order valence-corrected chi connectivity index (χ3v) is 5.36. The molecule has 1 heterocycles. The first-order valence-electron chi connectivity index (χ1n) is 6.26. The smallest absolute Gasteiger partial charge is 0.140 e. The van der Waals surface area contributed by atoms with Gasteiger partial charge in [-0.1, -0.05) is 19.6 Å². The summed E-state index contributed by atoms with van der Waals surface area (Å²) < 4.78 is 21.3. The number of hydrogen-bond donors (Lipinski definition) is 0. The lowest BCUT2D eigenvalue weighted by molar-refractivity contribution is 0.0816. The van der Waals surface area contributed by atoms with Crippen LogP contribution in [0.4, 0.5) is 4.39 Å². The van der Waals surface area contributed by atoms with Crippen LogP contribution in [0.25, 0.3) is 10.9 Å². The maximum atomic E-state index is 13.5. The lowest BCUT2D eigenvalue weighted by Crippen LogP contribution is -2.22. The summed E-state index contributed by atoms with van der Waals surface area (Å²) in [6, 6.07) is 4.27. The van der Waals surface area contributed by atoms with Gasteiger partial charge in [-0.15, -0.1) is 0 Å². The van der Waals surface area contributed by atoms with Gasteiger partial charge in [0.15, 0.2) is 0 Å². The van der Waals surface area contributed by atoms with Crippen LogP contribution in [0, 0.1) is 5.82 Å². The Bertz CT molecular complexity index is 580. The maximum absolute atomic E-state index is 13.5. The summed E-state index contributed by atoms with van der Waals surface area (Å²) in [6.07, 6.45) is 1.72. The zero-order valence-corrected chi connectivity index (χ0v) is 14.0. The van der Waals surface area contributed by atoms with Crippen molar-refractivity contribution in [1.29, 1.82) is 0 Å². The highest BCUT2D eigenvalue weighted by molar-refractivity contribution is 9.10. The van der Waals surface area contributed by atoms with Crippen molar-refractivity contribution in [2.75, 3.05) is 6.61 Å². The molecule has 6 heteroatoms. The molecule has 0 unspecified atom stereocenters. The highest BCUT2D eigenvalue weighted by Crippen LogP contribution is 2.26. The lowest BCUT2D eigenvalue weighted by Gasteiger charge is -2.15. The summed E-state index contributed by atoms with van der Waals surface area (Å²) >= 11 is 3.27. The third kappa shape index (κ3) is 3.64. The summed E-state index contributed by atoms with van der Waals surface area (Å²) in [4.78, 5) is 0. The average Bonchev–Trinajstić information content (AvgIpc) is 2.72. The van der Waals surface area contributed by atoms with Gasteiger partial charge in [0, 0.05) is 20.1 Å². The molecule has 0 saturated carbocycles. The van der Waals surface area contributed by atoms with Crippen LogP contribution in [0.5, 0.6) is 0 Å². The molecule has 1 aromatic carbocycles. The molecule has 1 aromatic heterocycles. The van der Waals surface area contributed by atoms with Crippen LogP contribution >= 0.6 is 15.9 Å². The molecule has 0 aliphatic carbocycles. The molecule has 0 aliphatic rings. The Hall–Kier alpha value is -0.723. The van der Waals surface area contributed by atoms with Crippen molar-refractivity contribution >= 4 is 34.9 Å².